The van der Waals surface area contributed by atoms with Crippen molar-refractivity contribution in [1.82, 2.24) is 14.9 Å². The second kappa shape index (κ2) is 11.9. The summed E-state index contributed by atoms with van der Waals surface area (Å²) in [5.74, 6) is -0.704. The second-order valence-corrected chi connectivity index (χ2v) is 14.3. The van der Waals surface area contributed by atoms with E-state index in [0.29, 0.717) is 30.2 Å². The number of thiophene rings is 1. The van der Waals surface area contributed by atoms with Crippen molar-refractivity contribution in [3.05, 3.63) is 68.6 Å². The summed E-state index contributed by atoms with van der Waals surface area (Å²) in [5, 5.41) is 0. The molecule has 1 aliphatic heterocycles. The van der Waals surface area contributed by atoms with Crippen molar-refractivity contribution in [3.63, 3.8) is 0 Å². The molecule has 9 heteroatoms. The minimum absolute atomic E-state index is 0.0389. The highest BCUT2D eigenvalue weighted by Crippen LogP contribution is 2.32. The van der Waals surface area contributed by atoms with Crippen LogP contribution >= 0.6 is 27.3 Å². The number of benzene rings is 1. The zero-order valence-electron chi connectivity index (χ0n) is 23.9. The van der Waals surface area contributed by atoms with E-state index in [4.69, 9.17) is 4.74 Å². The fraction of sp³-hybridized carbons (Fsp3) is 0.452. The molecule has 40 heavy (non-hydrogen) atoms. The van der Waals surface area contributed by atoms with Crippen LogP contribution in [0.2, 0.25) is 0 Å². The van der Waals surface area contributed by atoms with Crippen molar-refractivity contribution in [1.29, 1.82) is 0 Å². The zero-order chi connectivity index (χ0) is 29.2. The van der Waals surface area contributed by atoms with Crippen LogP contribution < -0.4 is 0 Å². The average Bonchev–Trinajstić information content (AvgIpc) is 3.34. The molecule has 0 unspecified atom stereocenters. The molecule has 0 N–H and O–H groups in total. The highest BCUT2D eigenvalue weighted by Gasteiger charge is 2.40. The van der Waals surface area contributed by atoms with Crippen molar-refractivity contribution >= 4 is 44.9 Å². The number of rotatable bonds is 8. The third-order valence-electron chi connectivity index (χ3n) is 6.65. The first-order valence-electron chi connectivity index (χ1n) is 13.4. The summed E-state index contributed by atoms with van der Waals surface area (Å²) in [7, 11) is 0. The number of Topliss-reactive ketones (excluding diaryl/α,β-unsaturated/α-hetero) is 1. The Morgan fingerprint density at radius 3 is 2.17 bits per heavy atom. The van der Waals surface area contributed by atoms with Gasteiger partial charge in [-0.25, -0.2) is 9.97 Å². The van der Waals surface area contributed by atoms with Crippen molar-refractivity contribution in [2.45, 2.75) is 65.4 Å². The fourth-order valence-electron chi connectivity index (χ4n) is 4.45. The van der Waals surface area contributed by atoms with Gasteiger partial charge in [0.2, 0.25) is 5.91 Å². The first kappa shape index (κ1) is 30.1. The molecule has 0 radical (unpaired) electrons. The summed E-state index contributed by atoms with van der Waals surface area (Å²) in [6, 6.07) is 11.6. The second-order valence-electron chi connectivity index (χ2n) is 12.3. The van der Waals surface area contributed by atoms with E-state index >= 15 is 0 Å². The van der Waals surface area contributed by atoms with Gasteiger partial charge >= 0.3 is 5.97 Å². The van der Waals surface area contributed by atoms with Crippen LogP contribution in [-0.4, -0.2) is 51.2 Å². The maximum atomic E-state index is 13.6. The minimum atomic E-state index is -0.573. The highest BCUT2D eigenvalue weighted by molar-refractivity contribution is 9.10. The molecule has 212 valence electrons. The van der Waals surface area contributed by atoms with E-state index in [9.17, 15) is 14.4 Å². The summed E-state index contributed by atoms with van der Waals surface area (Å²) in [6.07, 6.45) is 3.92. The lowest BCUT2D eigenvalue weighted by Gasteiger charge is -2.40. The number of aromatic nitrogens is 2. The van der Waals surface area contributed by atoms with Gasteiger partial charge in [0.25, 0.3) is 0 Å². The summed E-state index contributed by atoms with van der Waals surface area (Å²) >= 11 is 4.84. The maximum absolute atomic E-state index is 13.6. The third kappa shape index (κ3) is 7.63. The number of amides is 1. The maximum Gasteiger partial charge on any atom is 0.313 e. The van der Waals surface area contributed by atoms with Gasteiger partial charge in [0, 0.05) is 48.3 Å². The van der Waals surface area contributed by atoms with Crippen LogP contribution in [0.15, 0.2) is 53.3 Å². The highest BCUT2D eigenvalue weighted by atomic mass is 79.9. The number of carbonyl (C=O) groups is 3. The molecule has 0 spiro atoms. The Balaban J connectivity index is 1.49. The first-order valence-corrected chi connectivity index (χ1v) is 15.0. The van der Waals surface area contributed by atoms with Gasteiger partial charge < -0.3 is 9.64 Å². The van der Waals surface area contributed by atoms with Crippen LogP contribution in [-0.2, 0) is 26.2 Å². The van der Waals surface area contributed by atoms with Gasteiger partial charge in [-0.05, 0) is 66.2 Å². The van der Waals surface area contributed by atoms with E-state index in [0.717, 1.165) is 20.5 Å². The summed E-state index contributed by atoms with van der Waals surface area (Å²) < 4.78 is 6.29. The molecule has 1 aliphatic rings. The molecule has 1 saturated heterocycles. The molecular formula is C31H36BrN3O4S. The van der Waals surface area contributed by atoms with Gasteiger partial charge in [0.05, 0.1) is 15.3 Å². The van der Waals surface area contributed by atoms with E-state index in [2.05, 4.69) is 46.7 Å². The van der Waals surface area contributed by atoms with Crippen LogP contribution in [0, 0.1) is 11.8 Å². The summed E-state index contributed by atoms with van der Waals surface area (Å²) in [4.78, 5) is 51.6. The van der Waals surface area contributed by atoms with Crippen LogP contribution in [0.5, 0.6) is 0 Å². The van der Waals surface area contributed by atoms with E-state index in [1.165, 1.54) is 11.3 Å². The van der Waals surface area contributed by atoms with Crippen molar-refractivity contribution < 1.29 is 19.1 Å². The van der Waals surface area contributed by atoms with Gasteiger partial charge in [-0.2, -0.15) is 0 Å². The molecule has 1 amide bonds. The summed E-state index contributed by atoms with van der Waals surface area (Å²) in [5.41, 5.74) is 1.19. The van der Waals surface area contributed by atoms with Gasteiger partial charge in [0.15, 0.2) is 11.6 Å². The molecule has 1 aromatic carbocycles. The quantitative estimate of drug-likeness (QED) is 0.210. The zero-order valence-corrected chi connectivity index (χ0v) is 26.3. The lowest BCUT2D eigenvalue weighted by atomic mass is 9.89. The molecule has 1 fully saturated rings. The molecule has 0 bridgehead atoms. The number of ether oxygens (including phenoxy) is 1. The molecule has 7 nitrogen and oxygen atoms in total. The van der Waals surface area contributed by atoms with E-state index in [1.807, 2.05) is 57.2 Å². The number of nitrogens with zero attached hydrogens (tertiary/aromatic N) is 3. The molecule has 0 saturated carbocycles. The first-order chi connectivity index (χ1) is 18.7. The predicted octanol–water partition coefficient (Wildman–Crippen LogP) is 6.50. The standard InChI is InChI=1S/C31H36BrN3O4S/c1-30(2,3)26-12-11-25(40-26)24(36)14-21(28(37)35-17-22(18-35)29(38)39-31(4,5)6)13-19-7-9-20(10-8-19)27-33-15-23(32)16-34-27/h7-12,15-16,21-22H,13-14,17-18H2,1-6H3/t21-/m1/s1. The number of esters is 1. The van der Waals surface area contributed by atoms with Crippen molar-refractivity contribution in [3.8, 4) is 11.4 Å². The molecular weight excluding hydrogens is 590 g/mol. The Hall–Kier alpha value is -2.91. The number of halogens is 1. The normalized spacial score (nSPS) is 14.9. The average molecular weight is 627 g/mol. The number of ketones is 1. The Kier molecular flexibility index (Phi) is 8.95. The molecule has 3 aromatic rings. The number of carbonyl (C=O) groups excluding carboxylic acids is 3. The van der Waals surface area contributed by atoms with Crippen LogP contribution in [0.4, 0.5) is 0 Å². The largest absolute Gasteiger partial charge is 0.460 e. The smallest absolute Gasteiger partial charge is 0.313 e. The molecule has 2 aromatic heterocycles. The molecule has 3 heterocycles. The van der Waals surface area contributed by atoms with Gasteiger partial charge in [-0.3, -0.25) is 14.4 Å². The number of hydrogen-bond donors (Lipinski definition) is 0. The van der Waals surface area contributed by atoms with Crippen molar-refractivity contribution in [2.75, 3.05) is 13.1 Å². The number of hydrogen-bond acceptors (Lipinski definition) is 7. The molecule has 0 aliphatic carbocycles. The Morgan fingerprint density at radius 2 is 1.62 bits per heavy atom. The van der Waals surface area contributed by atoms with Crippen LogP contribution in [0.25, 0.3) is 11.4 Å². The Bertz CT molecular complexity index is 1370. The van der Waals surface area contributed by atoms with Gasteiger partial charge in [-0.1, -0.05) is 45.0 Å². The van der Waals surface area contributed by atoms with Crippen molar-refractivity contribution in [2.24, 2.45) is 11.8 Å². The Morgan fingerprint density at radius 1 is 1.00 bits per heavy atom. The van der Waals surface area contributed by atoms with Crippen LogP contribution in [0.3, 0.4) is 0 Å². The monoisotopic (exact) mass is 625 g/mol. The molecule has 4 rings (SSSR count). The number of likely N-dealkylation sites (tertiary alicyclic amines) is 1. The molecule has 1 atom stereocenters. The summed E-state index contributed by atoms with van der Waals surface area (Å²) in [6.45, 7) is 12.5. The van der Waals surface area contributed by atoms with Crippen LogP contribution in [0.1, 0.15) is 68.1 Å². The fourth-order valence-corrected chi connectivity index (χ4v) is 5.67. The van der Waals surface area contributed by atoms with E-state index in [1.54, 1.807) is 17.3 Å². The van der Waals surface area contributed by atoms with E-state index in [-0.39, 0.29) is 35.4 Å². The van der Waals surface area contributed by atoms with Gasteiger partial charge in [0.1, 0.15) is 5.60 Å². The van der Waals surface area contributed by atoms with E-state index < -0.39 is 11.5 Å². The lowest BCUT2D eigenvalue weighted by Crippen LogP contribution is -2.56. The lowest BCUT2D eigenvalue weighted by molar-refractivity contribution is -0.168. The van der Waals surface area contributed by atoms with Gasteiger partial charge in [-0.15, -0.1) is 11.3 Å². The predicted molar refractivity (Wildman–Crippen MR) is 160 cm³/mol. The minimum Gasteiger partial charge on any atom is -0.460 e. The topological polar surface area (TPSA) is 89.5 Å². The third-order valence-corrected chi connectivity index (χ3v) is 8.61. The SMILES string of the molecule is CC(C)(C)OC(=O)C1CN(C(=O)[C@@H](CC(=O)c2ccc(C(C)(C)C)s2)Cc2ccc(-c3ncc(Br)cn3)cc2)C1. The Labute approximate surface area is 248 Å².